The van der Waals surface area contributed by atoms with Crippen LogP contribution in [-0.4, -0.2) is 77.0 Å². The number of carbonyl (C=O) groups is 5. The average molecular weight is 1040 g/mol. The van der Waals surface area contributed by atoms with Gasteiger partial charge in [-0.3, -0.25) is 19.2 Å². The fourth-order valence-corrected chi connectivity index (χ4v) is 7.38. The van der Waals surface area contributed by atoms with Crippen molar-refractivity contribution in [2.45, 2.75) is 358 Å². The number of aliphatic carboxylic acids is 1. The maximum absolute atomic E-state index is 12.0. The quantitative estimate of drug-likeness (QED) is 0.0149. The topological polar surface area (TPSA) is 166 Å². The van der Waals surface area contributed by atoms with Gasteiger partial charge in [-0.05, 0) is 83.5 Å². The van der Waals surface area contributed by atoms with Crippen molar-refractivity contribution in [3.05, 3.63) is 12.2 Å². The number of aliphatic hydroxyl groups excluding tert-OH is 1. The van der Waals surface area contributed by atoms with E-state index >= 15 is 0 Å². The molecule has 1 rings (SSSR count). The summed E-state index contributed by atoms with van der Waals surface area (Å²) in [7, 11) is 0. The molecule has 1 aliphatic rings. The second-order valence-corrected chi connectivity index (χ2v) is 19.5. The van der Waals surface area contributed by atoms with E-state index in [2.05, 4.69) is 88.3 Å². The number of carboxylic acids is 1. The number of carbonyl (C=O) groups excluding carboxylic acids is 4. The zero-order valence-corrected chi connectivity index (χ0v) is 50.2. The Labute approximate surface area is 451 Å². The number of esters is 3. The third-order valence-corrected chi connectivity index (χ3v) is 11.8. The van der Waals surface area contributed by atoms with Crippen LogP contribution in [-0.2, 0) is 42.9 Å². The molecule has 0 aromatic carbocycles. The van der Waals surface area contributed by atoms with Crippen LogP contribution in [0, 0.1) is 0 Å². The summed E-state index contributed by atoms with van der Waals surface area (Å²) < 4.78 is 22.1. The number of carboxylic acid groups (broad SMARTS) is 1. The van der Waals surface area contributed by atoms with Crippen LogP contribution in [0.1, 0.15) is 321 Å². The van der Waals surface area contributed by atoms with Crippen LogP contribution >= 0.6 is 0 Å². The fourth-order valence-electron chi connectivity index (χ4n) is 7.38. The molecular formula is C62H122O11. The van der Waals surface area contributed by atoms with Crippen molar-refractivity contribution in [3.63, 3.8) is 0 Å². The Balaban J connectivity index is -0.000000272. The lowest BCUT2D eigenvalue weighted by Gasteiger charge is -2.27. The Hall–Kier alpha value is -2.79. The zero-order chi connectivity index (χ0) is 56.2. The highest BCUT2D eigenvalue weighted by atomic mass is 16.6. The predicted octanol–water partition coefficient (Wildman–Crippen LogP) is 17.9. The van der Waals surface area contributed by atoms with Gasteiger partial charge >= 0.3 is 23.9 Å². The number of rotatable bonds is 41. The first-order chi connectivity index (χ1) is 35.2. The number of unbranched alkanes of at least 4 members (excludes halogenated alkanes) is 13. The first kappa shape index (κ1) is 79.1. The summed E-state index contributed by atoms with van der Waals surface area (Å²) in [6.07, 6.45) is 40.0. The van der Waals surface area contributed by atoms with Crippen LogP contribution in [0.4, 0.5) is 0 Å². The summed E-state index contributed by atoms with van der Waals surface area (Å²) in [5, 5.41) is 18.0. The van der Waals surface area contributed by atoms with Gasteiger partial charge in [0.2, 0.25) is 0 Å². The Morgan fingerprint density at radius 1 is 0.411 bits per heavy atom. The number of aldehydes is 1. The number of ether oxygens (including phenoxy) is 4. The molecule has 1 fully saturated rings. The van der Waals surface area contributed by atoms with Crippen LogP contribution in [0.5, 0.6) is 0 Å². The van der Waals surface area contributed by atoms with Crippen LogP contribution in [0.3, 0.4) is 0 Å². The lowest BCUT2D eigenvalue weighted by Crippen LogP contribution is -2.35. The van der Waals surface area contributed by atoms with E-state index in [1.165, 1.54) is 64.2 Å². The maximum Gasteiger partial charge on any atom is 0.306 e. The number of epoxide rings is 1. The van der Waals surface area contributed by atoms with E-state index < -0.39 is 12.1 Å². The van der Waals surface area contributed by atoms with Crippen LogP contribution in [0.2, 0.25) is 0 Å². The van der Waals surface area contributed by atoms with E-state index in [1.807, 2.05) is 13.8 Å². The molecule has 1 saturated heterocycles. The summed E-state index contributed by atoms with van der Waals surface area (Å²) in [5.74, 6) is -1.17. The summed E-state index contributed by atoms with van der Waals surface area (Å²) in [4.78, 5) is 55.2. The molecule has 6 atom stereocenters. The van der Waals surface area contributed by atoms with E-state index in [-0.39, 0.29) is 36.2 Å². The average Bonchev–Trinajstić information content (AvgIpc) is 4.11. The molecule has 0 aromatic heterocycles. The molecule has 0 aromatic rings. The predicted molar refractivity (Wildman–Crippen MR) is 307 cm³/mol. The number of hydrogen-bond acceptors (Lipinski definition) is 10. The minimum absolute atomic E-state index is 0.160. The van der Waals surface area contributed by atoms with Crippen molar-refractivity contribution in [2.24, 2.45) is 0 Å². The SMILES string of the molecule is CCC/C=C/CCC.CCCC1OC1CCC.CCCCCC(=O)O.CCCCCC(=O)OC(CCC)C(CCC)OC(=O)CCCCC.CCCCCC(=O)OC(CCC)C(O)CCC.CCCCCC=O. The third kappa shape index (κ3) is 63.4. The minimum atomic E-state index is -0.682. The monoisotopic (exact) mass is 1040 g/mol. The molecule has 0 bridgehead atoms. The molecule has 73 heavy (non-hydrogen) atoms. The van der Waals surface area contributed by atoms with Gasteiger partial charge in [0.25, 0.3) is 0 Å². The Kier molecular flexibility index (Phi) is 70.8. The molecule has 436 valence electrons. The summed E-state index contributed by atoms with van der Waals surface area (Å²) in [6.45, 7) is 27.5. The molecule has 2 N–H and O–H groups in total. The van der Waals surface area contributed by atoms with Gasteiger partial charge < -0.3 is 34.0 Å². The van der Waals surface area contributed by atoms with Crippen molar-refractivity contribution >= 4 is 30.2 Å². The molecule has 0 spiro atoms. The molecule has 0 saturated carbocycles. The van der Waals surface area contributed by atoms with Crippen LogP contribution in [0.25, 0.3) is 0 Å². The lowest BCUT2D eigenvalue weighted by atomic mass is 10.0. The van der Waals surface area contributed by atoms with E-state index in [0.717, 1.165) is 141 Å². The molecule has 0 amide bonds. The first-order valence-electron chi connectivity index (χ1n) is 30.4. The van der Waals surface area contributed by atoms with Gasteiger partial charge in [0.1, 0.15) is 24.6 Å². The van der Waals surface area contributed by atoms with Crippen LogP contribution in [0.15, 0.2) is 12.2 Å². The zero-order valence-electron chi connectivity index (χ0n) is 50.2. The number of hydrogen-bond donors (Lipinski definition) is 2. The Morgan fingerprint density at radius 3 is 1.04 bits per heavy atom. The van der Waals surface area contributed by atoms with Crippen molar-refractivity contribution in [1.82, 2.24) is 0 Å². The maximum atomic E-state index is 12.0. The second-order valence-electron chi connectivity index (χ2n) is 19.5. The highest BCUT2D eigenvalue weighted by Crippen LogP contribution is 2.30. The molecule has 1 aliphatic heterocycles. The normalized spacial score (nSPS) is 14.8. The van der Waals surface area contributed by atoms with Crippen LogP contribution < -0.4 is 0 Å². The Bertz CT molecular complexity index is 1140. The van der Waals surface area contributed by atoms with Crippen molar-refractivity contribution in [2.75, 3.05) is 0 Å². The van der Waals surface area contributed by atoms with Gasteiger partial charge in [-0.2, -0.15) is 0 Å². The highest BCUT2D eigenvalue weighted by Gasteiger charge is 2.36. The number of allylic oxidation sites excluding steroid dienone is 2. The second kappa shape index (κ2) is 65.3. The third-order valence-electron chi connectivity index (χ3n) is 11.8. The van der Waals surface area contributed by atoms with E-state index in [9.17, 15) is 29.1 Å². The van der Waals surface area contributed by atoms with Gasteiger partial charge in [-0.15, -0.1) is 0 Å². The molecule has 0 aliphatic carbocycles. The van der Waals surface area contributed by atoms with Crippen molar-refractivity contribution in [1.29, 1.82) is 0 Å². The molecular weight excluding hydrogens is 921 g/mol. The van der Waals surface area contributed by atoms with Gasteiger partial charge in [-0.1, -0.05) is 218 Å². The molecule has 1 heterocycles. The first-order valence-corrected chi connectivity index (χ1v) is 30.4. The molecule has 0 radical (unpaired) electrons. The molecule has 6 unspecified atom stereocenters. The van der Waals surface area contributed by atoms with E-state index in [0.29, 0.717) is 44.3 Å². The van der Waals surface area contributed by atoms with Crippen molar-refractivity contribution in [3.8, 4) is 0 Å². The summed E-state index contributed by atoms with van der Waals surface area (Å²) in [5.41, 5.74) is 0. The van der Waals surface area contributed by atoms with Crippen molar-refractivity contribution < 1.29 is 53.1 Å². The number of aliphatic hydroxyl groups is 1. The summed E-state index contributed by atoms with van der Waals surface area (Å²) in [6, 6.07) is 0. The largest absolute Gasteiger partial charge is 0.481 e. The lowest BCUT2D eigenvalue weighted by molar-refractivity contribution is -0.169. The fraction of sp³-hybridized carbons (Fsp3) is 0.887. The summed E-state index contributed by atoms with van der Waals surface area (Å²) >= 11 is 0. The smallest absolute Gasteiger partial charge is 0.306 e. The van der Waals surface area contributed by atoms with E-state index in [4.69, 9.17) is 24.1 Å². The standard InChI is InChI=1S/C20H38O4.C14H28O3.C8H16O.C8H16.C6H12O2.C6H12O/c1-5-9-11-15-19(21)23-17(13-7-3)18(14-8-4)24-20(22)16-12-10-6-2;1-4-7-8-11-14(16)17-13(10-6-3)12(15)9-5-2;1-3-5-7-8(9-7)6-4-2;1-3-5-7-8-6-4-2;1-2-3-4-5-6(7)8;1-2-3-4-5-6-7/h17-18H,5-16H2,1-4H3;12-13,15H,4-11H2,1-3H3;7-8H,3-6H2,1-2H3;7-8H,3-6H2,1-2H3;2-5H2,1H3,(H,7,8);6H,2-5H2,1H3/b;;;8-7+;;. The van der Waals surface area contributed by atoms with Gasteiger partial charge in [0.05, 0.1) is 18.3 Å². The highest BCUT2D eigenvalue weighted by molar-refractivity contribution is 5.71. The van der Waals surface area contributed by atoms with Gasteiger partial charge in [0.15, 0.2) is 0 Å². The van der Waals surface area contributed by atoms with Gasteiger partial charge in [-0.25, -0.2) is 0 Å². The molecule has 11 heteroatoms. The minimum Gasteiger partial charge on any atom is -0.481 e. The van der Waals surface area contributed by atoms with Gasteiger partial charge in [0, 0.05) is 32.1 Å². The Morgan fingerprint density at radius 2 is 0.740 bits per heavy atom. The molecule has 11 nitrogen and oxygen atoms in total. The van der Waals surface area contributed by atoms with E-state index in [1.54, 1.807) is 0 Å².